The maximum Gasteiger partial charge on any atom is 0.119 e. The first-order chi connectivity index (χ1) is 19.0. The highest BCUT2D eigenvalue weighted by molar-refractivity contribution is 6.31. The van der Waals surface area contributed by atoms with Crippen LogP contribution in [0.25, 0.3) is 0 Å². The normalized spacial score (nSPS) is 36.2. The summed E-state index contributed by atoms with van der Waals surface area (Å²) in [4.78, 5) is 0. The van der Waals surface area contributed by atoms with E-state index >= 15 is 0 Å². The van der Waals surface area contributed by atoms with Crippen LogP contribution in [0.3, 0.4) is 0 Å². The molecule has 0 amide bonds. The molecule has 0 saturated carbocycles. The quantitative estimate of drug-likeness (QED) is 0.567. The van der Waals surface area contributed by atoms with E-state index in [1.54, 1.807) is 0 Å². The Morgan fingerprint density at radius 1 is 1.14 bits per heavy atom. The molecule has 28 heavy (non-hydrogen) atoms. The van der Waals surface area contributed by atoms with Crippen LogP contribution in [0.5, 0.6) is 5.75 Å². The summed E-state index contributed by atoms with van der Waals surface area (Å²) >= 11 is 6.19. The van der Waals surface area contributed by atoms with E-state index < -0.39 is 127 Å². The van der Waals surface area contributed by atoms with Crippen LogP contribution in [0, 0.1) is 0 Å². The van der Waals surface area contributed by atoms with Crippen molar-refractivity contribution in [3.8, 4) is 5.75 Å². The van der Waals surface area contributed by atoms with Gasteiger partial charge in [0.25, 0.3) is 0 Å². The van der Waals surface area contributed by atoms with Crippen LogP contribution in [0.4, 0.5) is 0 Å². The summed E-state index contributed by atoms with van der Waals surface area (Å²) in [5.74, 6) is -1.15. The minimum Gasteiger partial charge on any atom is -0.494 e. The third-order valence-electron chi connectivity index (χ3n) is 3.97. The van der Waals surface area contributed by atoms with Gasteiger partial charge in [0.1, 0.15) is 36.3 Å². The summed E-state index contributed by atoms with van der Waals surface area (Å²) in [7, 11) is 0. The van der Waals surface area contributed by atoms with E-state index in [1.807, 2.05) is 0 Å². The van der Waals surface area contributed by atoms with Gasteiger partial charge in [-0.2, -0.15) is 0 Å². The monoisotopic (exact) mass is 422 g/mol. The second-order valence-corrected chi connectivity index (χ2v) is 6.14. The first kappa shape index (κ1) is 9.43. The lowest BCUT2D eigenvalue weighted by Gasteiger charge is -2.40. The standard InChI is InChI=1S/C21H25ClO6/c1-2-27-15-6-3-12(4-7-15)9-14-10-13(5-8-16(14)22)21-20(26)19(25)18(24)17(11-23)28-21/h3-8,10,17-21,23-26H,2,9,11H2,1H3/t17-,18-,19+,20-,21+/m1/s1/i1D3,2D2,3D,4D,5D,6D,7D,8D,9D2,10D. The molecule has 1 aliphatic rings. The van der Waals surface area contributed by atoms with Crippen LogP contribution in [0.2, 0.25) is 5.02 Å². The van der Waals surface area contributed by atoms with Crippen molar-refractivity contribution in [3.63, 3.8) is 0 Å². The van der Waals surface area contributed by atoms with Crippen LogP contribution >= 0.6 is 11.6 Å². The molecule has 3 rings (SSSR count). The summed E-state index contributed by atoms with van der Waals surface area (Å²) in [5.41, 5.74) is -2.75. The molecule has 0 aliphatic carbocycles. The number of halogens is 1. The van der Waals surface area contributed by atoms with E-state index in [1.165, 1.54) is 0 Å². The Bertz CT molecular complexity index is 1360. The van der Waals surface area contributed by atoms with Crippen molar-refractivity contribution in [2.24, 2.45) is 0 Å². The zero-order chi connectivity index (χ0) is 32.4. The molecule has 5 atom stereocenters. The highest BCUT2D eigenvalue weighted by Crippen LogP contribution is 2.34. The van der Waals surface area contributed by atoms with Crippen LogP contribution in [0.1, 0.15) is 48.8 Å². The lowest BCUT2D eigenvalue weighted by molar-refractivity contribution is -0.231. The molecule has 2 aromatic carbocycles. The highest BCUT2D eigenvalue weighted by Gasteiger charge is 2.43. The van der Waals surface area contributed by atoms with E-state index in [0.717, 1.165) is 0 Å². The van der Waals surface area contributed by atoms with Gasteiger partial charge < -0.3 is 29.9 Å². The summed E-state index contributed by atoms with van der Waals surface area (Å²) in [6.07, 6.45) is -12.5. The highest BCUT2D eigenvalue weighted by atomic mass is 35.5. The van der Waals surface area contributed by atoms with E-state index in [2.05, 4.69) is 0 Å². The smallest absolute Gasteiger partial charge is 0.119 e. The number of aliphatic hydroxyl groups excluding tert-OH is 4. The summed E-state index contributed by atoms with van der Waals surface area (Å²) < 4.78 is 123. The summed E-state index contributed by atoms with van der Waals surface area (Å²) in [6.45, 7) is -7.77. The number of hydrogen-bond acceptors (Lipinski definition) is 6. The van der Waals surface area contributed by atoms with Crippen molar-refractivity contribution >= 4 is 11.6 Å². The van der Waals surface area contributed by atoms with Crippen molar-refractivity contribution in [2.75, 3.05) is 13.2 Å². The topological polar surface area (TPSA) is 99.4 Å². The van der Waals surface area contributed by atoms with Gasteiger partial charge in [0.15, 0.2) is 0 Å². The average molecular weight is 423 g/mol. The molecule has 0 bridgehead atoms. The molecule has 7 heteroatoms. The van der Waals surface area contributed by atoms with E-state index in [-0.39, 0.29) is 0 Å². The molecule has 1 saturated heterocycles. The van der Waals surface area contributed by atoms with Crippen molar-refractivity contribution in [1.82, 2.24) is 0 Å². The maximum atomic E-state index is 10.6. The van der Waals surface area contributed by atoms with E-state index in [0.29, 0.717) is 0 Å². The molecule has 0 aromatic heterocycles. The molecule has 0 spiro atoms. The lowest BCUT2D eigenvalue weighted by atomic mass is 9.90. The minimum absolute atomic E-state index is 0.707. The molecule has 1 heterocycles. The van der Waals surface area contributed by atoms with E-state index in [4.69, 9.17) is 40.3 Å². The van der Waals surface area contributed by atoms with Gasteiger partial charge >= 0.3 is 0 Å². The van der Waals surface area contributed by atoms with Crippen LogP contribution in [0.15, 0.2) is 42.3 Å². The molecule has 6 nitrogen and oxygen atoms in total. The van der Waals surface area contributed by atoms with Gasteiger partial charge in [-0.25, -0.2) is 0 Å². The third kappa shape index (κ3) is 4.49. The van der Waals surface area contributed by atoms with Crippen molar-refractivity contribution in [3.05, 3.63) is 64.0 Å². The van der Waals surface area contributed by atoms with Crippen molar-refractivity contribution in [2.45, 2.75) is 43.7 Å². The second-order valence-electron chi connectivity index (χ2n) is 5.76. The molecule has 0 radical (unpaired) electrons. The second kappa shape index (κ2) is 9.22. The summed E-state index contributed by atoms with van der Waals surface area (Å²) in [6, 6.07) is -7.49. The van der Waals surface area contributed by atoms with Gasteiger partial charge in [-0.3, -0.25) is 0 Å². The number of ether oxygens (including phenoxy) is 2. The number of rotatable bonds is 6. The lowest BCUT2D eigenvalue weighted by Crippen LogP contribution is -2.55. The van der Waals surface area contributed by atoms with E-state index in [9.17, 15) is 20.4 Å². The Labute approximate surface area is 188 Å². The van der Waals surface area contributed by atoms with Crippen LogP contribution in [-0.4, -0.2) is 58.0 Å². The largest absolute Gasteiger partial charge is 0.494 e. The van der Waals surface area contributed by atoms with Gasteiger partial charge in [-0.15, -0.1) is 0 Å². The third-order valence-corrected chi connectivity index (χ3v) is 4.25. The fraction of sp³-hybridized carbons (Fsp3) is 0.429. The Kier molecular flexibility index (Phi) is 3.10. The molecular formula is C21H25ClO6. The predicted molar refractivity (Wildman–Crippen MR) is 105 cm³/mol. The SMILES string of the molecule is [2H]c1c([2H])c([C@@H]2O[C@H](CO)[C@@H](O)[C@H](O)[C@H]2O)c([2H])c(C([2H])([2H])c2c([2H])c([2H])c(OC([2H])([2H])C([2H])([2H])[2H])c([2H])c2[2H])c1Cl. The Hall–Kier alpha value is -1.67. The molecular weight excluding hydrogens is 384 g/mol. The molecule has 2 aromatic rings. The number of hydrogen-bond donors (Lipinski definition) is 4. The number of aliphatic hydroxyl groups is 4. The van der Waals surface area contributed by atoms with Crippen molar-refractivity contribution < 1.29 is 49.1 Å². The van der Waals surface area contributed by atoms with Gasteiger partial charge in [-0.05, 0) is 48.0 Å². The van der Waals surface area contributed by atoms with Crippen LogP contribution < -0.4 is 4.74 Å². The van der Waals surface area contributed by atoms with Gasteiger partial charge in [0.05, 0.1) is 25.5 Å². The van der Waals surface area contributed by atoms with Gasteiger partial charge in [0.2, 0.25) is 0 Å². The summed E-state index contributed by atoms with van der Waals surface area (Å²) in [5, 5.41) is 39.5. The maximum absolute atomic E-state index is 10.6. The molecule has 0 unspecified atom stereocenters. The van der Waals surface area contributed by atoms with Crippen molar-refractivity contribution in [1.29, 1.82) is 0 Å². The predicted octanol–water partition coefficient (Wildman–Crippen LogP) is 1.84. The first-order valence-electron chi connectivity index (χ1n) is 14.9. The number of benzene rings is 2. The fourth-order valence-corrected chi connectivity index (χ4v) is 2.71. The average Bonchev–Trinajstić information content (AvgIpc) is 2.87. The zero-order valence-corrected chi connectivity index (χ0v) is 14.8. The fourth-order valence-electron chi connectivity index (χ4n) is 2.56. The molecule has 4 N–H and O–H groups in total. The first-order valence-corrected chi connectivity index (χ1v) is 8.32. The Morgan fingerprint density at radius 3 is 2.57 bits per heavy atom. The van der Waals surface area contributed by atoms with Crippen LogP contribution in [-0.2, 0) is 11.1 Å². The Balaban J connectivity index is 2.30. The van der Waals surface area contributed by atoms with Gasteiger partial charge in [-0.1, -0.05) is 35.8 Å². The van der Waals surface area contributed by atoms with Gasteiger partial charge in [0, 0.05) is 11.9 Å². The minimum atomic E-state index is -3.47. The zero-order valence-electron chi connectivity index (χ0n) is 28.1. The Morgan fingerprint density at radius 2 is 1.89 bits per heavy atom. The molecule has 1 aliphatic heterocycles. The molecule has 1 fully saturated rings. The molecule has 152 valence electrons.